The molecule has 17 heavy (non-hydrogen) atoms. The Morgan fingerprint density at radius 3 is 2.35 bits per heavy atom. The van der Waals surface area contributed by atoms with E-state index in [1.165, 1.54) is 12.3 Å². The Balaban J connectivity index is 2.83. The predicted octanol–water partition coefficient (Wildman–Crippen LogP) is 2.01. The van der Waals surface area contributed by atoms with Gasteiger partial charge in [-0.3, -0.25) is 4.79 Å². The first-order valence-corrected chi connectivity index (χ1v) is 5.68. The van der Waals surface area contributed by atoms with Crippen LogP contribution in [-0.2, 0) is 0 Å². The molecule has 0 spiro atoms. The number of nitrogens with zero attached hydrogens (tertiary/aromatic N) is 1. The lowest BCUT2D eigenvalue weighted by atomic mass is 9.86. The van der Waals surface area contributed by atoms with Gasteiger partial charge in [0.25, 0.3) is 5.91 Å². The van der Waals surface area contributed by atoms with Crippen LogP contribution in [-0.4, -0.2) is 27.1 Å². The lowest BCUT2D eigenvalue weighted by Gasteiger charge is -2.37. The van der Waals surface area contributed by atoms with Crippen LogP contribution < -0.4 is 5.32 Å². The zero-order chi connectivity index (χ0) is 13.3. The van der Waals surface area contributed by atoms with Gasteiger partial charge in [0, 0.05) is 6.20 Å². The van der Waals surface area contributed by atoms with E-state index in [2.05, 4.69) is 10.3 Å². The molecule has 0 aliphatic rings. The molecule has 0 aliphatic carbocycles. The van der Waals surface area contributed by atoms with Crippen molar-refractivity contribution >= 4 is 17.5 Å². The summed E-state index contributed by atoms with van der Waals surface area (Å²) >= 11 is 5.69. The van der Waals surface area contributed by atoms with Crippen LogP contribution in [0.2, 0.25) is 5.02 Å². The minimum absolute atomic E-state index is 0.270. The van der Waals surface area contributed by atoms with E-state index in [1.807, 2.05) is 0 Å². The van der Waals surface area contributed by atoms with E-state index in [9.17, 15) is 9.90 Å². The molecule has 1 aromatic rings. The predicted molar refractivity (Wildman–Crippen MR) is 67.1 cm³/mol. The second kappa shape index (κ2) is 4.63. The molecule has 0 aliphatic heterocycles. The summed E-state index contributed by atoms with van der Waals surface area (Å²) < 4.78 is 0. The topological polar surface area (TPSA) is 62.2 Å². The number of pyridine rings is 1. The van der Waals surface area contributed by atoms with Gasteiger partial charge in [-0.15, -0.1) is 0 Å². The fourth-order valence-corrected chi connectivity index (χ4v) is 1.12. The standard InChI is InChI=1S/C12H17ClN2O2/c1-11(2,12(3,4)17)15-10(16)9-6-5-8(13)7-14-9/h5-7,17H,1-4H3,(H,15,16). The second-order valence-electron chi connectivity index (χ2n) is 5.00. The quantitative estimate of drug-likeness (QED) is 0.870. The molecule has 0 radical (unpaired) electrons. The molecule has 0 bridgehead atoms. The van der Waals surface area contributed by atoms with Crippen molar-refractivity contribution < 1.29 is 9.90 Å². The highest BCUT2D eigenvalue weighted by Crippen LogP contribution is 2.21. The molecule has 1 heterocycles. The van der Waals surface area contributed by atoms with Gasteiger partial charge >= 0.3 is 0 Å². The van der Waals surface area contributed by atoms with Crippen LogP contribution in [0.25, 0.3) is 0 Å². The number of rotatable bonds is 3. The summed E-state index contributed by atoms with van der Waals surface area (Å²) in [6.07, 6.45) is 1.41. The molecule has 94 valence electrons. The average molecular weight is 257 g/mol. The van der Waals surface area contributed by atoms with Crippen molar-refractivity contribution in [2.24, 2.45) is 0 Å². The lowest BCUT2D eigenvalue weighted by Crippen LogP contribution is -2.57. The van der Waals surface area contributed by atoms with Crippen LogP contribution in [0.3, 0.4) is 0 Å². The Hall–Kier alpha value is -1.13. The Morgan fingerprint density at radius 2 is 1.94 bits per heavy atom. The number of hydrogen-bond acceptors (Lipinski definition) is 3. The maximum atomic E-state index is 11.9. The van der Waals surface area contributed by atoms with Crippen LogP contribution in [0.4, 0.5) is 0 Å². The molecule has 5 heteroatoms. The van der Waals surface area contributed by atoms with Crippen molar-refractivity contribution in [3.05, 3.63) is 29.0 Å². The molecule has 0 saturated carbocycles. The van der Waals surface area contributed by atoms with E-state index in [1.54, 1.807) is 33.8 Å². The smallest absolute Gasteiger partial charge is 0.270 e. The molecule has 0 aromatic carbocycles. The Labute approximate surface area is 106 Å². The van der Waals surface area contributed by atoms with Crippen LogP contribution in [0, 0.1) is 0 Å². The summed E-state index contributed by atoms with van der Waals surface area (Å²) in [5.74, 6) is -0.339. The van der Waals surface area contributed by atoms with Crippen molar-refractivity contribution in [1.29, 1.82) is 0 Å². The van der Waals surface area contributed by atoms with Crippen LogP contribution in [0.1, 0.15) is 38.2 Å². The fraction of sp³-hybridized carbons (Fsp3) is 0.500. The van der Waals surface area contributed by atoms with Gasteiger partial charge in [0.15, 0.2) is 0 Å². The Bertz CT molecular complexity index is 408. The van der Waals surface area contributed by atoms with Crippen molar-refractivity contribution in [2.45, 2.75) is 38.8 Å². The molecule has 2 N–H and O–H groups in total. The zero-order valence-electron chi connectivity index (χ0n) is 10.4. The van der Waals surface area contributed by atoms with E-state index in [-0.39, 0.29) is 11.6 Å². The van der Waals surface area contributed by atoms with Crippen LogP contribution in [0.5, 0.6) is 0 Å². The molecule has 4 nitrogen and oxygen atoms in total. The fourth-order valence-electron chi connectivity index (χ4n) is 1.01. The molecule has 0 unspecified atom stereocenters. The molecule has 0 atom stereocenters. The maximum Gasteiger partial charge on any atom is 0.270 e. The van der Waals surface area contributed by atoms with Gasteiger partial charge < -0.3 is 10.4 Å². The highest BCUT2D eigenvalue weighted by Gasteiger charge is 2.36. The Kier molecular flexibility index (Phi) is 3.79. The number of halogens is 1. The first-order valence-electron chi connectivity index (χ1n) is 5.30. The number of nitrogens with one attached hydrogen (secondary N) is 1. The monoisotopic (exact) mass is 256 g/mol. The van der Waals surface area contributed by atoms with E-state index in [0.717, 1.165) is 0 Å². The molecular weight excluding hydrogens is 240 g/mol. The number of aromatic nitrogens is 1. The van der Waals surface area contributed by atoms with Gasteiger partial charge in [-0.25, -0.2) is 4.98 Å². The van der Waals surface area contributed by atoms with Gasteiger partial charge in [-0.1, -0.05) is 11.6 Å². The number of aliphatic hydroxyl groups is 1. The SMILES string of the molecule is CC(C)(O)C(C)(C)NC(=O)c1ccc(Cl)cn1. The molecule has 0 fully saturated rings. The first kappa shape index (κ1) is 13.9. The molecule has 1 aromatic heterocycles. The van der Waals surface area contributed by atoms with Crippen molar-refractivity contribution in [3.63, 3.8) is 0 Å². The number of carbonyl (C=O) groups excluding carboxylic acids is 1. The lowest BCUT2D eigenvalue weighted by molar-refractivity contribution is -0.00302. The third-order valence-corrected chi connectivity index (χ3v) is 3.14. The van der Waals surface area contributed by atoms with Gasteiger partial charge in [0.2, 0.25) is 0 Å². The Morgan fingerprint density at radius 1 is 1.35 bits per heavy atom. The summed E-state index contributed by atoms with van der Waals surface area (Å²) in [6.45, 7) is 6.78. The summed E-state index contributed by atoms with van der Waals surface area (Å²) in [4.78, 5) is 15.8. The molecular formula is C12H17ClN2O2. The van der Waals surface area contributed by atoms with Gasteiger partial charge in [0.1, 0.15) is 5.69 Å². The summed E-state index contributed by atoms with van der Waals surface area (Å²) in [7, 11) is 0. The van der Waals surface area contributed by atoms with Crippen molar-refractivity contribution in [1.82, 2.24) is 10.3 Å². The minimum atomic E-state index is -1.03. The first-order chi connectivity index (χ1) is 7.63. The third kappa shape index (κ3) is 3.41. The summed E-state index contributed by atoms with van der Waals surface area (Å²) in [5.41, 5.74) is -1.52. The van der Waals surface area contributed by atoms with Gasteiger partial charge in [-0.05, 0) is 39.8 Å². The average Bonchev–Trinajstić information content (AvgIpc) is 2.16. The van der Waals surface area contributed by atoms with E-state index >= 15 is 0 Å². The number of carbonyl (C=O) groups is 1. The van der Waals surface area contributed by atoms with Crippen LogP contribution >= 0.6 is 11.6 Å². The molecule has 1 rings (SSSR count). The highest BCUT2D eigenvalue weighted by molar-refractivity contribution is 6.30. The van der Waals surface area contributed by atoms with Crippen molar-refractivity contribution in [3.8, 4) is 0 Å². The third-order valence-electron chi connectivity index (χ3n) is 2.92. The largest absolute Gasteiger partial charge is 0.388 e. The minimum Gasteiger partial charge on any atom is -0.388 e. The number of amides is 1. The highest BCUT2D eigenvalue weighted by atomic mass is 35.5. The maximum absolute atomic E-state index is 11.9. The number of hydrogen-bond donors (Lipinski definition) is 2. The second-order valence-corrected chi connectivity index (χ2v) is 5.44. The van der Waals surface area contributed by atoms with Crippen molar-refractivity contribution in [2.75, 3.05) is 0 Å². The summed E-state index contributed by atoms with van der Waals surface area (Å²) in [6, 6.07) is 3.14. The molecule has 0 saturated heterocycles. The molecule has 1 amide bonds. The van der Waals surface area contributed by atoms with Crippen LogP contribution in [0.15, 0.2) is 18.3 Å². The van der Waals surface area contributed by atoms with E-state index in [0.29, 0.717) is 5.02 Å². The zero-order valence-corrected chi connectivity index (χ0v) is 11.2. The normalized spacial score (nSPS) is 12.4. The van der Waals surface area contributed by atoms with Gasteiger partial charge in [-0.2, -0.15) is 0 Å². The van der Waals surface area contributed by atoms with E-state index < -0.39 is 11.1 Å². The van der Waals surface area contributed by atoms with Gasteiger partial charge in [0.05, 0.1) is 16.2 Å². The summed E-state index contributed by atoms with van der Waals surface area (Å²) in [5, 5.41) is 13.1. The van der Waals surface area contributed by atoms with E-state index in [4.69, 9.17) is 11.6 Å².